The van der Waals surface area contributed by atoms with Gasteiger partial charge in [0.15, 0.2) is 0 Å². The Hall–Kier alpha value is -2.26. The number of nitro groups is 1. The Morgan fingerprint density at radius 2 is 2.08 bits per heavy atom. The number of hydrogen-bond donors (Lipinski definition) is 1. The Morgan fingerprint density at radius 1 is 1.35 bits per heavy atom. The van der Waals surface area contributed by atoms with E-state index in [1.165, 1.54) is 16.4 Å². The van der Waals surface area contributed by atoms with E-state index in [1.807, 2.05) is 0 Å². The van der Waals surface area contributed by atoms with E-state index in [2.05, 4.69) is 22.7 Å². The number of rotatable bonds is 7. The van der Waals surface area contributed by atoms with Gasteiger partial charge in [0.25, 0.3) is 5.69 Å². The standard InChI is InChI=1S/C17H22N4O4S/c1-3-20(4-2)26(24,25)17-11-13(21(22)23)8-9-15(17)18-19-16-10-12-6-5-7-14(12)16/h5-6,8-9,11-12,14,18H,3-4,7,10H2,1-2H3/b19-16-/t12-,14+/m0/s1. The predicted octanol–water partition coefficient (Wildman–Crippen LogP) is 2.99. The van der Waals surface area contributed by atoms with Crippen LogP contribution in [0.2, 0.25) is 0 Å². The number of anilines is 1. The van der Waals surface area contributed by atoms with E-state index >= 15 is 0 Å². The summed E-state index contributed by atoms with van der Waals surface area (Å²) < 4.78 is 27.1. The number of hydrazone groups is 1. The molecule has 26 heavy (non-hydrogen) atoms. The molecule has 0 amide bonds. The van der Waals surface area contributed by atoms with Gasteiger partial charge in [0.05, 0.1) is 10.6 Å². The number of non-ortho nitro benzene ring substituents is 1. The molecule has 0 saturated heterocycles. The van der Waals surface area contributed by atoms with Crippen molar-refractivity contribution in [3.8, 4) is 0 Å². The maximum atomic E-state index is 12.9. The smallest absolute Gasteiger partial charge is 0.270 e. The summed E-state index contributed by atoms with van der Waals surface area (Å²) in [5.74, 6) is 0.926. The maximum Gasteiger partial charge on any atom is 0.270 e. The average molecular weight is 378 g/mol. The summed E-state index contributed by atoms with van der Waals surface area (Å²) in [5.41, 5.74) is 3.83. The molecule has 2 aliphatic rings. The van der Waals surface area contributed by atoms with Crippen molar-refractivity contribution >= 4 is 27.1 Å². The highest BCUT2D eigenvalue weighted by atomic mass is 32.2. The van der Waals surface area contributed by atoms with Crippen LogP contribution in [0.5, 0.6) is 0 Å². The summed E-state index contributed by atoms with van der Waals surface area (Å²) in [7, 11) is -3.86. The lowest BCUT2D eigenvalue weighted by molar-refractivity contribution is -0.385. The maximum absolute atomic E-state index is 12.9. The average Bonchev–Trinajstić information content (AvgIpc) is 2.96. The molecule has 0 bridgehead atoms. The lowest BCUT2D eigenvalue weighted by Gasteiger charge is -2.32. The van der Waals surface area contributed by atoms with Crippen LogP contribution < -0.4 is 5.43 Å². The number of benzene rings is 1. The summed E-state index contributed by atoms with van der Waals surface area (Å²) >= 11 is 0. The summed E-state index contributed by atoms with van der Waals surface area (Å²) in [6, 6.07) is 3.78. The highest BCUT2D eigenvalue weighted by Gasteiger charge is 2.38. The SMILES string of the molecule is CCN(CC)S(=O)(=O)c1cc([N+](=O)[O-])ccc1N/N=C1/C[C@@H]2C=CC[C@@H]12. The second-order valence-electron chi connectivity index (χ2n) is 6.38. The van der Waals surface area contributed by atoms with Crippen LogP contribution in [-0.4, -0.2) is 36.4 Å². The zero-order valence-corrected chi connectivity index (χ0v) is 15.6. The molecule has 2 atom stereocenters. The lowest BCUT2D eigenvalue weighted by atomic mass is 9.74. The quantitative estimate of drug-likeness (QED) is 0.446. The molecule has 9 heteroatoms. The van der Waals surface area contributed by atoms with E-state index in [0.29, 0.717) is 11.8 Å². The second kappa shape index (κ2) is 7.16. The van der Waals surface area contributed by atoms with E-state index < -0.39 is 14.9 Å². The molecule has 1 aromatic rings. The summed E-state index contributed by atoms with van der Waals surface area (Å²) in [5, 5.41) is 15.5. The first-order chi connectivity index (χ1) is 12.4. The van der Waals surface area contributed by atoms with Gasteiger partial charge in [-0.15, -0.1) is 0 Å². The Morgan fingerprint density at radius 3 is 2.69 bits per heavy atom. The molecule has 0 spiro atoms. The third-order valence-corrected chi connectivity index (χ3v) is 7.07. The molecule has 3 rings (SSSR count). The largest absolute Gasteiger partial charge is 0.277 e. The fourth-order valence-electron chi connectivity index (χ4n) is 3.43. The van der Waals surface area contributed by atoms with Crippen LogP contribution in [0.25, 0.3) is 0 Å². The molecule has 8 nitrogen and oxygen atoms in total. The van der Waals surface area contributed by atoms with E-state index in [1.54, 1.807) is 13.8 Å². The van der Waals surface area contributed by atoms with Gasteiger partial charge in [-0.25, -0.2) is 8.42 Å². The number of sulfonamides is 1. The summed E-state index contributed by atoms with van der Waals surface area (Å²) in [6.07, 6.45) is 6.14. The van der Waals surface area contributed by atoms with Crippen LogP contribution in [0.4, 0.5) is 11.4 Å². The molecule has 1 aromatic carbocycles. The lowest BCUT2D eigenvalue weighted by Crippen LogP contribution is -2.34. The molecular formula is C17H22N4O4S. The van der Waals surface area contributed by atoms with Crippen molar-refractivity contribution in [3.63, 3.8) is 0 Å². The van der Waals surface area contributed by atoms with Gasteiger partial charge in [0.1, 0.15) is 4.90 Å². The third-order valence-electron chi connectivity index (χ3n) is 4.98. The van der Waals surface area contributed by atoms with Crippen molar-refractivity contribution in [1.29, 1.82) is 0 Å². The van der Waals surface area contributed by atoms with Crippen LogP contribution in [0.15, 0.2) is 40.3 Å². The molecule has 0 radical (unpaired) electrons. The van der Waals surface area contributed by atoms with Crippen LogP contribution in [0, 0.1) is 22.0 Å². The van der Waals surface area contributed by atoms with E-state index in [9.17, 15) is 18.5 Å². The molecule has 140 valence electrons. The van der Waals surface area contributed by atoms with Crippen molar-refractivity contribution < 1.29 is 13.3 Å². The minimum atomic E-state index is -3.86. The number of fused-ring (bicyclic) bond motifs is 1. The van der Waals surface area contributed by atoms with Crippen molar-refractivity contribution in [2.45, 2.75) is 31.6 Å². The number of nitro benzene ring substituents is 1. The summed E-state index contributed by atoms with van der Waals surface area (Å²) in [6.45, 7) is 4.02. The van der Waals surface area contributed by atoms with Gasteiger partial charge in [-0.2, -0.15) is 9.41 Å². The fraction of sp³-hybridized carbons (Fsp3) is 0.471. The van der Waals surface area contributed by atoms with Gasteiger partial charge in [-0.1, -0.05) is 26.0 Å². The van der Waals surface area contributed by atoms with E-state index in [-0.39, 0.29) is 29.4 Å². The van der Waals surface area contributed by atoms with Gasteiger partial charge < -0.3 is 0 Å². The topological polar surface area (TPSA) is 105 Å². The van der Waals surface area contributed by atoms with Gasteiger partial charge in [-0.3, -0.25) is 15.5 Å². The van der Waals surface area contributed by atoms with Gasteiger partial charge in [-0.05, 0) is 24.8 Å². The number of nitrogens with one attached hydrogen (secondary N) is 1. The van der Waals surface area contributed by atoms with E-state index in [0.717, 1.165) is 24.6 Å². The van der Waals surface area contributed by atoms with Crippen LogP contribution in [0.1, 0.15) is 26.7 Å². The van der Waals surface area contributed by atoms with Crippen molar-refractivity contribution in [2.75, 3.05) is 18.5 Å². The third kappa shape index (κ3) is 3.24. The molecule has 0 heterocycles. The molecule has 1 saturated carbocycles. The number of nitrogens with zero attached hydrogens (tertiary/aromatic N) is 3. The minimum absolute atomic E-state index is 0.125. The number of hydrogen-bond acceptors (Lipinski definition) is 6. The first kappa shape index (κ1) is 18.5. The minimum Gasteiger partial charge on any atom is -0.277 e. The molecule has 1 N–H and O–H groups in total. The Kier molecular flexibility index (Phi) is 5.10. The highest BCUT2D eigenvalue weighted by Crippen LogP contribution is 2.40. The van der Waals surface area contributed by atoms with Crippen molar-refractivity contribution in [2.24, 2.45) is 16.9 Å². The monoisotopic (exact) mass is 378 g/mol. The summed E-state index contributed by atoms with van der Waals surface area (Å²) in [4.78, 5) is 10.4. The molecule has 2 aliphatic carbocycles. The molecule has 0 unspecified atom stereocenters. The molecule has 0 aromatic heterocycles. The van der Waals surface area contributed by atoms with Crippen molar-refractivity contribution in [3.05, 3.63) is 40.5 Å². The molecular weight excluding hydrogens is 356 g/mol. The van der Waals surface area contributed by atoms with Crippen LogP contribution in [0.3, 0.4) is 0 Å². The van der Waals surface area contributed by atoms with Gasteiger partial charge in [0.2, 0.25) is 10.0 Å². The highest BCUT2D eigenvalue weighted by molar-refractivity contribution is 7.89. The Bertz CT molecular complexity index is 875. The number of allylic oxidation sites excluding steroid dienone is 2. The first-order valence-corrected chi connectivity index (χ1v) is 10.1. The van der Waals surface area contributed by atoms with Crippen LogP contribution >= 0.6 is 0 Å². The van der Waals surface area contributed by atoms with E-state index in [4.69, 9.17) is 0 Å². The van der Waals surface area contributed by atoms with Crippen LogP contribution in [-0.2, 0) is 10.0 Å². The predicted molar refractivity (Wildman–Crippen MR) is 99.6 cm³/mol. The Balaban J connectivity index is 1.94. The fourth-order valence-corrected chi connectivity index (χ4v) is 5.05. The van der Waals surface area contributed by atoms with Crippen molar-refractivity contribution in [1.82, 2.24) is 4.31 Å². The zero-order valence-electron chi connectivity index (χ0n) is 14.8. The first-order valence-electron chi connectivity index (χ1n) is 8.66. The molecule has 1 fully saturated rings. The molecule has 0 aliphatic heterocycles. The van der Waals surface area contributed by atoms with Gasteiger partial charge in [0, 0.05) is 36.9 Å². The Labute approximate surface area is 152 Å². The zero-order chi connectivity index (χ0) is 18.9. The normalized spacial score (nSPS) is 23.1. The van der Waals surface area contributed by atoms with Gasteiger partial charge >= 0.3 is 0 Å². The second-order valence-corrected chi connectivity index (χ2v) is 8.29.